The molecule has 0 saturated heterocycles. The van der Waals surface area contributed by atoms with Gasteiger partial charge in [-0.05, 0) is 75.0 Å². The van der Waals surface area contributed by atoms with Crippen LogP contribution in [0.15, 0.2) is 0 Å². The van der Waals surface area contributed by atoms with E-state index in [9.17, 15) is 0 Å². The maximum Gasteiger partial charge on any atom is 0.679 e. The van der Waals surface area contributed by atoms with E-state index in [4.69, 9.17) is 17.7 Å². The summed E-state index contributed by atoms with van der Waals surface area (Å²) in [6.07, 6.45) is 86.8. The molecule has 0 N–H and O–H groups in total. The molecule has 4 unspecified atom stereocenters. The zero-order chi connectivity index (χ0) is 61.7. The largest absolute Gasteiger partial charge is 0.679 e. The molecule has 0 bridgehead atoms. The maximum atomic E-state index is 7.71. The molecule has 0 radical (unpaired) electrons. The van der Waals surface area contributed by atoms with Crippen LogP contribution in [0, 0.1) is 23.7 Å². The van der Waals surface area contributed by atoms with Gasteiger partial charge in [0.1, 0.15) is 0 Å². The van der Waals surface area contributed by atoms with Crippen molar-refractivity contribution in [2.24, 2.45) is 23.7 Å². The van der Waals surface area contributed by atoms with E-state index in [1.54, 1.807) is 0 Å². The van der Waals surface area contributed by atoms with Crippen LogP contribution in [-0.4, -0.2) is 35.5 Å². The Morgan fingerprint density at radius 3 is 0.376 bits per heavy atom. The van der Waals surface area contributed by atoms with Crippen molar-refractivity contribution in [3.63, 3.8) is 0 Å². The molecular weight excluding hydrogens is 1050 g/mol. The molecule has 0 spiro atoms. The molecule has 512 valence electrons. The minimum Gasteiger partial charge on any atom is -0.351 e. The van der Waals surface area contributed by atoms with Gasteiger partial charge in [0.05, 0.1) is 0 Å². The Hall–Kier alpha value is 0.0569. The maximum absolute atomic E-state index is 7.71. The Bertz CT molecular complexity index is 1020. The fourth-order valence-electron chi connectivity index (χ4n) is 13.5. The SMILES string of the molecule is CCCCCCCCCCC(CCCCCCCC)CO[Si](OCC(CCCCCCCC)CCCCCCCCCC)(OCC(CCCCCCCC)CCCCCCCCCC)OCC(CCCCCCCC)CCCCCCCCCC. The molecule has 0 aromatic rings. The van der Waals surface area contributed by atoms with Gasteiger partial charge in [-0.25, -0.2) is 0 Å². The average Bonchev–Trinajstić information content (AvgIpc) is 3.62. The highest BCUT2D eigenvalue weighted by Gasteiger charge is 2.48. The fraction of sp³-hybridized carbons (Fsp3) is 1.00. The van der Waals surface area contributed by atoms with E-state index in [0.717, 1.165) is 26.4 Å². The van der Waals surface area contributed by atoms with E-state index >= 15 is 0 Å². The average molecular weight is 1220 g/mol. The van der Waals surface area contributed by atoms with Crippen molar-refractivity contribution in [1.29, 1.82) is 0 Å². The smallest absolute Gasteiger partial charge is 0.351 e. The predicted molar refractivity (Wildman–Crippen MR) is 384 cm³/mol. The van der Waals surface area contributed by atoms with Gasteiger partial charge in [-0.2, -0.15) is 0 Å². The van der Waals surface area contributed by atoms with Crippen LogP contribution in [0.2, 0.25) is 0 Å². The third kappa shape index (κ3) is 61.3. The second-order valence-electron chi connectivity index (χ2n) is 28.5. The number of hydrogen-bond acceptors (Lipinski definition) is 4. The first-order chi connectivity index (χ1) is 42.0. The van der Waals surface area contributed by atoms with Crippen molar-refractivity contribution in [3.05, 3.63) is 0 Å². The standard InChI is InChI=1S/C80H164O4Si/c1-9-17-25-33-41-45-53-61-69-77(65-57-49-37-29-21-13-5)73-81-85(82-74-78(66-58-50-38-30-22-14-6)70-62-54-46-42-34-26-18-10-2,83-75-79(67-59-51-39-31-23-15-7)71-63-55-47-43-35-27-19-11-3)84-76-80(68-60-52-40-32-24-16-8)72-64-56-48-44-36-28-20-12-4/h77-80H,9-76H2,1-8H3. The molecule has 0 rings (SSSR count). The highest BCUT2D eigenvalue weighted by molar-refractivity contribution is 6.53. The number of unbranched alkanes of at least 4 members (excludes halogenated alkanes) is 48. The van der Waals surface area contributed by atoms with Crippen LogP contribution in [0.5, 0.6) is 0 Å². The lowest BCUT2D eigenvalue weighted by molar-refractivity contribution is -0.0625. The van der Waals surface area contributed by atoms with E-state index in [-0.39, 0.29) is 0 Å². The van der Waals surface area contributed by atoms with Crippen LogP contribution in [0.3, 0.4) is 0 Å². The first-order valence-electron chi connectivity index (χ1n) is 40.5. The minimum absolute atomic E-state index is 0.540. The Kier molecular flexibility index (Phi) is 71.5. The Morgan fingerprint density at radius 2 is 0.259 bits per heavy atom. The Morgan fingerprint density at radius 1 is 0.153 bits per heavy atom. The molecule has 0 fully saturated rings. The molecule has 85 heavy (non-hydrogen) atoms. The summed E-state index contributed by atoms with van der Waals surface area (Å²) in [6, 6.07) is 0. The van der Waals surface area contributed by atoms with E-state index in [1.807, 2.05) is 0 Å². The van der Waals surface area contributed by atoms with Gasteiger partial charge in [-0.15, -0.1) is 0 Å². The van der Waals surface area contributed by atoms with Gasteiger partial charge in [0, 0.05) is 26.4 Å². The summed E-state index contributed by atoms with van der Waals surface area (Å²) < 4.78 is 30.9. The van der Waals surface area contributed by atoms with Gasteiger partial charge in [0.2, 0.25) is 0 Å². The second-order valence-corrected chi connectivity index (χ2v) is 30.6. The van der Waals surface area contributed by atoms with Gasteiger partial charge >= 0.3 is 9.05 Å². The summed E-state index contributed by atoms with van der Waals surface area (Å²) in [5, 5.41) is 0. The molecular formula is C80H164O4Si. The molecule has 0 aliphatic rings. The van der Waals surface area contributed by atoms with E-state index in [2.05, 4.69) is 55.4 Å². The number of hydrogen-bond donors (Lipinski definition) is 0. The van der Waals surface area contributed by atoms with Crippen LogP contribution in [0.4, 0.5) is 0 Å². The Labute approximate surface area is 540 Å². The molecule has 0 aromatic carbocycles. The molecule has 0 amide bonds. The fourth-order valence-corrected chi connectivity index (χ4v) is 15.8. The lowest BCUT2D eigenvalue weighted by Crippen LogP contribution is -2.52. The topological polar surface area (TPSA) is 36.9 Å². The van der Waals surface area contributed by atoms with Crippen molar-refractivity contribution in [2.75, 3.05) is 26.4 Å². The molecule has 5 heteroatoms. The van der Waals surface area contributed by atoms with Crippen molar-refractivity contribution in [1.82, 2.24) is 0 Å². The summed E-state index contributed by atoms with van der Waals surface area (Å²) in [4.78, 5) is 0. The third-order valence-electron chi connectivity index (χ3n) is 19.7. The van der Waals surface area contributed by atoms with Crippen molar-refractivity contribution in [3.8, 4) is 0 Å². The Balaban J connectivity index is 7.39. The van der Waals surface area contributed by atoms with Crippen LogP contribution in [0.1, 0.15) is 466 Å². The van der Waals surface area contributed by atoms with Crippen molar-refractivity contribution >= 4 is 9.05 Å². The summed E-state index contributed by atoms with van der Waals surface area (Å²) in [5.41, 5.74) is 0. The molecule has 0 aromatic heterocycles. The van der Waals surface area contributed by atoms with Gasteiger partial charge < -0.3 is 17.7 Å². The quantitative estimate of drug-likeness (QED) is 0.0449. The summed E-state index contributed by atoms with van der Waals surface area (Å²) in [5.74, 6) is 2.16. The lowest BCUT2D eigenvalue weighted by atomic mass is 9.95. The summed E-state index contributed by atoms with van der Waals surface area (Å²) in [6.45, 7) is 21.8. The second kappa shape index (κ2) is 71.5. The zero-order valence-electron chi connectivity index (χ0n) is 60.5. The molecule has 0 heterocycles. The van der Waals surface area contributed by atoms with Crippen LogP contribution >= 0.6 is 0 Å². The monoisotopic (exact) mass is 1220 g/mol. The summed E-state index contributed by atoms with van der Waals surface area (Å²) >= 11 is 0. The van der Waals surface area contributed by atoms with Crippen LogP contribution < -0.4 is 0 Å². The van der Waals surface area contributed by atoms with Crippen molar-refractivity contribution in [2.45, 2.75) is 466 Å². The molecule has 0 aliphatic carbocycles. The minimum atomic E-state index is -3.60. The van der Waals surface area contributed by atoms with Gasteiger partial charge in [0.25, 0.3) is 0 Å². The molecule has 4 atom stereocenters. The zero-order valence-corrected chi connectivity index (χ0v) is 61.5. The van der Waals surface area contributed by atoms with Gasteiger partial charge in [-0.3, -0.25) is 0 Å². The highest BCUT2D eigenvalue weighted by atomic mass is 28.4. The van der Waals surface area contributed by atoms with Crippen LogP contribution in [0.25, 0.3) is 0 Å². The normalized spacial score (nSPS) is 14.1. The molecule has 0 aliphatic heterocycles. The van der Waals surface area contributed by atoms with Gasteiger partial charge in [-0.1, -0.05) is 415 Å². The van der Waals surface area contributed by atoms with E-state index in [0.29, 0.717) is 23.7 Å². The van der Waals surface area contributed by atoms with Gasteiger partial charge in [0.15, 0.2) is 0 Å². The molecule has 4 nitrogen and oxygen atoms in total. The molecule has 0 saturated carbocycles. The van der Waals surface area contributed by atoms with E-state index in [1.165, 1.54) is 411 Å². The lowest BCUT2D eigenvalue weighted by Gasteiger charge is -2.34. The van der Waals surface area contributed by atoms with Crippen molar-refractivity contribution < 1.29 is 17.7 Å². The summed E-state index contributed by atoms with van der Waals surface area (Å²) in [7, 11) is -3.60. The first kappa shape index (κ1) is 85.1. The first-order valence-corrected chi connectivity index (χ1v) is 42.2. The third-order valence-corrected chi connectivity index (χ3v) is 21.8. The van der Waals surface area contributed by atoms with Crippen LogP contribution in [-0.2, 0) is 17.7 Å². The van der Waals surface area contributed by atoms with E-state index < -0.39 is 9.05 Å². The number of rotatable bonds is 76. The predicted octanol–water partition coefficient (Wildman–Crippen LogP) is 29.1. The highest BCUT2D eigenvalue weighted by Crippen LogP contribution is 2.30.